The largest absolute Gasteiger partial charge is 0.573 e. The van der Waals surface area contributed by atoms with Gasteiger partial charge in [-0.3, -0.25) is 9.59 Å². The Hall–Kier alpha value is -4.55. The number of nitrogens with zero attached hydrogens (tertiary/aromatic N) is 3. The van der Waals surface area contributed by atoms with Gasteiger partial charge in [-0.1, -0.05) is 6.07 Å². The number of hydrogen-bond acceptors (Lipinski definition) is 5. The molecule has 2 heterocycles. The quantitative estimate of drug-likeness (QED) is 0.377. The molecule has 0 unspecified atom stereocenters. The molecule has 0 spiro atoms. The summed E-state index contributed by atoms with van der Waals surface area (Å²) < 4.78 is 71.6. The minimum atomic E-state index is -4.97. The van der Waals surface area contributed by atoms with Crippen LogP contribution in [0, 0.1) is 11.6 Å². The van der Waals surface area contributed by atoms with Crippen molar-refractivity contribution in [3.63, 3.8) is 0 Å². The number of benzene rings is 2. The molecular weight excluding hydrogens is 489 g/mol. The van der Waals surface area contributed by atoms with Crippen molar-refractivity contribution in [2.75, 3.05) is 5.32 Å². The number of amides is 2. The van der Waals surface area contributed by atoms with Crippen LogP contribution in [-0.4, -0.2) is 32.8 Å². The van der Waals surface area contributed by atoms with Crippen molar-refractivity contribution >= 4 is 23.3 Å². The maximum atomic E-state index is 15.2. The third-order valence-corrected chi connectivity index (χ3v) is 4.83. The molecular formula is C23H16F5N5O3. The molecule has 36 heavy (non-hydrogen) atoms. The van der Waals surface area contributed by atoms with E-state index >= 15 is 4.39 Å². The zero-order chi connectivity index (χ0) is 26.0. The molecule has 2 aromatic heterocycles. The number of aromatic nitrogens is 3. The first-order valence-corrected chi connectivity index (χ1v) is 10.3. The van der Waals surface area contributed by atoms with Crippen LogP contribution in [0.1, 0.15) is 22.8 Å². The van der Waals surface area contributed by atoms with Gasteiger partial charge in [0.1, 0.15) is 17.4 Å². The van der Waals surface area contributed by atoms with Crippen LogP contribution in [0.25, 0.3) is 16.9 Å². The Bertz CT molecular complexity index is 1470. The van der Waals surface area contributed by atoms with Gasteiger partial charge in [0.25, 0.3) is 5.91 Å². The van der Waals surface area contributed by atoms with E-state index in [1.165, 1.54) is 41.9 Å². The molecule has 0 atom stereocenters. The molecule has 186 valence electrons. The van der Waals surface area contributed by atoms with Crippen molar-refractivity contribution in [2.45, 2.75) is 19.8 Å². The molecule has 0 saturated carbocycles. The second-order valence-corrected chi connectivity index (χ2v) is 7.48. The van der Waals surface area contributed by atoms with Gasteiger partial charge in [-0.2, -0.15) is 5.10 Å². The third-order valence-electron chi connectivity index (χ3n) is 4.83. The molecule has 0 aliphatic carbocycles. The molecule has 8 nitrogen and oxygen atoms in total. The Balaban J connectivity index is 1.55. The topological polar surface area (TPSA) is 97.6 Å². The second-order valence-electron chi connectivity index (χ2n) is 7.48. The Kier molecular flexibility index (Phi) is 6.55. The number of fused-ring (bicyclic) bond motifs is 1. The van der Waals surface area contributed by atoms with Crippen LogP contribution in [-0.2, 0) is 11.3 Å². The van der Waals surface area contributed by atoms with E-state index in [1.54, 1.807) is 6.07 Å². The number of hydrogen-bond donors (Lipinski definition) is 2. The summed E-state index contributed by atoms with van der Waals surface area (Å²) in [5.74, 6) is -3.47. The summed E-state index contributed by atoms with van der Waals surface area (Å²) in [4.78, 5) is 28.0. The van der Waals surface area contributed by atoms with E-state index in [0.29, 0.717) is 5.65 Å². The van der Waals surface area contributed by atoms with Crippen molar-refractivity contribution in [1.82, 2.24) is 19.9 Å². The first-order chi connectivity index (χ1) is 17.0. The zero-order valence-corrected chi connectivity index (χ0v) is 18.4. The number of carbonyl (C=O) groups excluding carboxylic acids is 2. The molecule has 0 fully saturated rings. The lowest BCUT2D eigenvalue weighted by Gasteiger charge is -2.12. The minimum absolute atomic E-state index is 0.0221. The summed E-state index contributed by atoms with van der Waals surface area (Å²) in [6.07, 6.45) is -3.54. The maximum absolute atomic E-state index is 15.2. The van der Waals surface area contributed by atoms with Crippen LogP contribution in [0.4, 0.5) is 27.8 Å². The van der Waals surface area contributed by atoms with Crippen LogP contribution in [0.5, 0.6) is 5.75 Å². The molecule has 0 bridgehead atoms. The van der Waals surface area contributed by atoms with Crippen molar-refractivity contribution < 1.29 is 36.3 Å². The van der Waals surface area contributed by atoms with E-state index in [4.69, 9.17) is 0 Å². The number of ether oxygens (including phenoxy) is 1. The van der Waals surface area contributed by atoms with Crippen molar-refractivity contribution in [3.8, 4) is 17.0 Å². The summed E-state index contributed by atoms with van der Waals surface area (Å²) in [5, 5.41) is 9.05. The predicted octanol–water partition coefficient (Wildman–Crippen LogP) is 4.46. The Morgan fingerprint density at radius 2 is 1.86 bits per heavy atom. The standard InChI is InChI=1S/C23H16F5N5O3/c1-12(34)30-19-11-33-20(31-19)8-7-18(32-33)15-3-2-4-16(21(15)25)22(35)29-10-13-9-14(5-6-17(13)24)36-23(26,27)28/h2-9,11H,10H2,1H3,(H,29,35)(H,30,34). The zero-order valence-electron chi connectivity index (χ0n) is 18.4. The van der Waals surface area contributed by atoms with E-state index in [0.717, 1.165) is 18.2 Å². The molecule has 13 heteroatoms. The van der Waals surface area contributed by atoms with E-state index in [-0.39, 0.29) is 34.1 Å². The van der Waals surface area contributed by atoms with E-state index in [2.05, 4.69) is 25.5 Å². The second kappa shape index (κ2) is 9.60. The molecule has 0 radical (unpaired) electrons. The van der Waals surface area contributed by atoms with Gasteiger partial charge in [0.05, 0.1) is 17.5 Å². The van der Waals surface area contributed by atoms with Crippen LogP contribution in [0.3, 0.4) is 0 Å². The Labute approximate surface area is 199 Å². The number of rotatable bonds is 6. The predicted molar refractivity (Wildman–Crippen MR) is 117 cm³/mol. The van der Waals surface area contributed by atoms with Gasteiger partial charge in [-0.15, -0.1) is 13.2 Å². The van der Waals surface area contributed by atoms with Gasteiger partial charge in [-0.25, -0.2) is 18.3 Å². The highest BCUT2D eigenvalue weighted by atomic mass is 19.4. The number of nitrogens with one attached hydrogen (secondary N) is 2. The molecule has 4 aromatic rings. The highest BCUT2D eigenvalue weighted by Crippen LogP contribution is 2.26. The average molecular weight is 505 g/mol. The van der Waals surface area contributed by atoms with E-state index in [9.17, 15) is 27.2 Å². The normalized spacial score (nSPS) is 11.4. The summed E-state index contributed by atoms with van der Waals surface area (Å²) >= 11 is 0. The first kappa shape index (κ1) is 24.6. The Morgan fingerprint density at radius 3 is 2.58 bits per heavy atom. The molecule has 2 amide bonds. The highest BCUT2D eigenvalue weighted by molar-refractivity contribution is 5.95. The third kappa shape index (κ3) is 5.56. The maximum Gasteiger partial charge on any atom is 0.573 e. The van der Waals surface area contributed by atoms with Crippen molar-refractivity contribution in [3.05, 3.63) is 77.5 Å². The SMILES string of the molecule is CC(=O)Nc1cn2nc(-c3cccc(C(=O)NCc4cc(OC(F)(F)F)ccc4F)c3F)ccc2n1. The van der Waals surface area contributed by atoms with Gasteiger partial charge in [-0.05, 0) is 42.5 Å². The molecule has 0 aliphatic rings. The highest BCUT2D eigenvalue weighted by Gasteiger charge is 2.31. The smallest absolute Gasteiger partial charge is 0.406 e. The summed E-state index contributed by atoms with van der Waals surface area (Å²) in [6, 6.07) is 9.35. The number of halogens is 5. The van der Waals surface area contributed by atoms with E-state index < -0.39 is 36.2 Å². The summed E-state index contributed by atoms with van der Waals surface area (Å²) in [7, 11) is 0. The number of alkyl halides is 3. The summed E-state index contributed by atoms with van der Waals surface area (Å²) in [6.45, 7) is 0.796. The fraction of sp³-hybridized carbons (Fsp3) is 0.130. The molecule has 0 aliphatic heterocycles. The van der Waals surface area contributed by atoms with Gasteiger partial charge in [0, 0.05) is 24.6 Å². The minimum Gasteiger partial charge on any atom is -0.406 e. The molecule has 0 saturated heterocycles. The van der Waals surface area contributed by atoms with Crippen molar-refractivity contribution in [2.24, 2.45) is 0 Å². The number of anilines is 1. The van der Waals surface area contributed by atoms with Gasteiger partial charge in [0.2, 0.25) is 5.91 Å². The lowest BCUT2D eigenvalue weighted by Crippen LogP contribution is -2.25. The number of imidazole rings is 1. The van der Waals surface area contributed by atoms with E-state index in [1.807, 2.05) is 0 Å². The van der Waals surface area contributed by atoms with Crippen LogP contribution < -0.4 is 15.4 Å². The monoisotopic (exact) mass is 505 g/mol. The lowest BCUT2D eigenvalue weighted by atomic mass is 10.1. The molecule has 4 rings (SSSR count). The van der Waals surface area contributed by atoms with Crippen LogP contribution >= 0.6 is 0 Å². The fourth-order valence-corrected chi connectivity index (χ4v) is 3.33. The summed E-state index contributed by atoms with van der Waals surface area (Å²) in [5.41, 5.74) is -0.156. The fourth-order valence-electron chi connectivity index (χ4n) is 3.33. The molecule has 2 aromatic carbocycles. The van der Waals surface area contributed by atoms with Gasteiger partial charge >= 0.3 is 6.36 Å². The molecule has 2 N–H and O–H groups in total. The Morgan fingerprint density at radius 1 is 1.08 bits per heavy atom. The van der Waals surface area contributed by atoms with Crippen LogP contribution in [0.2, 0.25) is 0 Å². The van der Waals surface area contributed by atoms with Gasteiger partial charge < -0.3 is 15.4 Å². The van der Waals surface area contributed by atoms with Crippen molar-refractivity contribution in [1.29, 1.82) is 0 Å². The number of carbonyl (C=O) groups is 2. The average Bonchev–Trinajstić information content (AvgIpc) is 3.19. The lowest BCUT2D eigenvalue weighted by molar-refractivity contribution is -0.274. The van der Waals surface area contributed by atoms with Crippen LogP contribution in [0.15, 0.2) is 54.7 Å². The van der Waals surface area contributed by atoms with Gasteiger partial charge in [0.15, 0.2) is 11.5 Å². The first-order valence-electron chi connectivity index (χ1n) is 10.3.